The van der Waals surface area contributed by atoms with Crippen LogP contribution >= 0.6 is 0 Å². The molecular formula is C14H26N2O2Si. The van der Waals surface area contributed by atoms with Crippen LogP contribution in [0.4, 0.5) is 0 Å². The van der Waals surface area contributed by atoms with E-state index in [1.165, 1.54) is 0 Å². The Morgan fingerprint density at radius 2 is 1.84 bits per heavy atom. The van der Waals surface area contributed by atoms with Gasteiger partial charge in [0.05, 0.1) is 18.8 Å². The van der Waals surface area contributed by atoms with E-state index in [2.05, 4.69) is 38.8 Å². The van der Waals surface area contributed by atoms with Crippen molar-refractivity contribution < 1.29 is 9.53 Å². The predicted molar refractivity (Wildman–Crippen MR) is 80.3 cm³/mol. The first-order valence-electron chi connectivity index (χ1n) is 6.63. The molecule has 0 spiro atoms. The van der Waals surface area contributed by atoms with Crippen molar-refractivity contribution in [3.63, 3.8) is 0 Å². The topological polar surface area (TPSA) is 68.4 Å². The highest BCUT2D eigenvalue weighted by Crippen LogP contribution is 2.40. The lowest BCUT2D eigenvalue weighted by Gasteiger charge is -2.40. The fourth-order valence-electron chi connectivity index (χ4n) is 1.55. The molecule has 0 aliphatic rings. The third-order valence-corrected chi connectivity index (χ3v) is 8.32. The summed E-state index contributed by atoms with van der Waals surface area (Å²) < 4.78 is 6.37. The van der Waals surface area contributed by atoms with Gasteiger partial charge in [-0.25, -0.2) is 0 Å². The van der Waals surface area contributed by atoms with Crippen LogP contribution in [0.15, 0.2) is 24.5 Å². The molecule has 5 heteroatoms. The van der Waals surface area contributed by atoms with Gasteiger partial charge >= 0.3 is 0 Å². The van der Waals surface area contributed by atoms with Crippen molar-refractivity contribution in [1.82, 2.24) is 4.98 Å². The largest absolute Gasteiger partial charge is 0.408 e. The molecule has 1 aromatic heterocycles. The van der Waals surface area contributed by atoms with E-state index in [1.807, 2.05) is 12.1 Å². The fraction of sp³-hybridized carbons (Fsp3) is 0.643. The minimum Gasteiger partial charge on any atom is -0.408 e. The van der Waals surface area contributed by atoms with Crippen LogP contribution in [0.2, 0.25) is 18.1 Å². The molecule has 0 aliphatic heterocycles. The number of hydrogen-bond donors (Lipinski definition) is 2. The van der Waals surface area contributed by atoms with Crippen molar-refractivity contribution in [1.29, 1.82) is 0 Å². The van der Waals surface area contributed by atoms with Crippen molar-refractivity contribution in [2.45, 2.75) is 51.0 Å². The molecule has 1 rings (SSSR count). The molecule has 0 saturated heterocycles. The molecule has 0 aliphatic carbocycles. The van der Waals surface area contributed by atoms with E-state index in [0.29, 0.717) is 0 Å². The highest BCUT2D eigenvalue weighted by molar-refractivity contribution is 6.74. The van der Waals surface area contributed by atoms with Gasteiger partial charge in [0.2, 0.25) is 0 Å². The van der Waals surface area contributed by atoms with E-state index >= 15 is 0 Å². The summed E-state index contributed by atoms with van der Waals surface area (Å²) in [5.74, 6) is 0. The molecule has 4 nitrogen and oxygen atoms in total. The Labute approximate surface area is 117 Å². The smallest absolute Gasteiger partial charge is 0.192 e. The molecule has 19 heavy (non-hydrogen) atoms. The van der Waals surface area contributed by atoms with Crippen molar-refractivity contribution in [2.24, 2.45) is 5.73 Å². The number of rotatable bonds is 5. The summed E-state index contributed by atoms with van der Waals surface area (Å²) in [6.45, 7) is 10.8. The molecule has 0 bridgehead atoms. The molecule has 0 saturated carbocycles. The van der Waals surface area contributed by atoms with Crippen molar-refractivity contribution >= 4 is 8.32 Å². The van der Waals surface area contributed by atoms with Gasteiger partial charge in [-0.15, -0.1) is 0 Å². The summed E-state index contributed by atoms with van der Waals surface area (Å²) in [6.07, 6.45) is 3.16. The number of aromatic nitrogens is 1. The minimum absolute atomic E-state index is 0.0956. The van der Waals surface area contributed by atoms with E-state index < -0.39 is 14.4 Å². The van der Waals surface area contributed by atoms with Gasteiger partial charge < -0.3 is 15.3 Å². The summed E-state index contributed by atoms with van der Waals surface area (Å²) in [4.78, 5) is 4.01. The van der Waals surface area contributed by atoms with E-state index in [-0.39, 0.29) is 17.7 Å². The zero-order valence-electron chi connectivity index (χ0n) is 12.6. The first-order valence-corrected chi connectivity index (χ1v) is 9.54. The average Bonchev–Trinajstić information content (AvgIpc) is 2.35. The summed E-state index contributed by atoms with van der Waals surface area (Å²) in [5.41, 5.74) is 7.00. The fourth-order valence-corrected chi connectivity index (χ4v) is 2.84. The maximum atomic E-state index is 9.36. The van der Waals surface area contributed by atoms with Gasteiger partial charge in [-0.1, -0.05) is 20.8 Å². The van der Waals surface area contributed by atoms with E-state index in [9.17, 15) is 5.11 Å². The summed E-state index contributed by atoms with van der Waals surface area (Å²) in [7, 11) is -1.94. The van der Waals surface area contributed by atoms with E-state index in [0.717, 1.165) is 5.56 Å². The number of hydrogen-bond acceptors (Lipinski definition) is 4. The second kappa shape index (κ2) is 6.13. The van der Waals surface area contributed by atoms with Gasteiger partial charge in [-0.05, 0) is 35.8 Å². The molecule has 2 unspecified atom stereocenters. The maximum absolute atomic E-state index is 9.36. The van der Waals surface area contributed by atoms with Gasteiger partial charge in [0.1, 0.15) is 0 Å². The Morgan fingerprint density at radius 1 is 1.32 bits per heavy atom. The number of nitrogens with zero attached hydrogens (tertiary/aromatic N) is 1. The standard InChI is InChI=1S/C14H26N2O2Si/c1-14(2,3)19(4,5)18-13(12(15)10-17)11-6-8-16-9-7-11/h6-9,12-13,17H,10,15H2,1-5H3. The van der Waals surface area contributed by atoms with Crippen LogP contribution in [0.1, 0.15) is 32.4 Å². The quantitative estimate of drug-likeness (QED) is 0.814. The van der Waals surface area contributed by atoms with E-state index in [1.54, 1.807) is 12.4 Å². The van der Waals surface area contributed by atoms with Crippen LogP contribution in [0.5, 0.6) is 0 Å². The lowest BCUT2D eigenvalue weighted by Crippen LogP contribution is -2.46. The molecule has 0 aromatic carbocycles. The lowest BCUT2D eigenvalue weighted by atomic mass is 10.1. The van der Waals surface area contributed by atoms with Crippen LogP contribution in [0.3, 0.4) is 0 Å². The number of pyridine rings is 1. The predicted octanol–water partition coefficient (Wildman–Crippen LogP) is 2.46. The number of nitrogens with two attached hydrogens (primary N) is 1. The van der Waals surface area contributed by atoms with Crippen LogP contribution in [-0.4, -0.2) is 31.1 Å². The second-order valence-corrected chi connectivity index (χ2v) is 11.2. The second-order valence-electron chi connectivity index (χ2n) is 6.43. The monoisotopic (exact) mass is 282 g/mol. The Hall–Kier alpha value is -0.753. The highest BCUT2D eigenvalue weighted by atomic mass is 28.4. The van der Waals surface area contributed by atoms with Crippen LogP contribution < -0.4 is 5.73 Å². The first kappa shape index (κ1) is 16.3. The molecule has 1 heterocycles. The van der Waals surface area contributed by atoms with Gasteiger partial charge in [-0.2, -0.15) is 0 Å². The summed E-state index contributed by atoms with van der Waals surface area (Å²) in [5, 5.41) is 9.47. The zero-order chi connectivity index (χ0) is 14.7. The molecule has 2 atom stereocenters. The molecule has 0 fully saturated rings. The van der Waals surface area contributed by atoms with Crippen LogP contribution in [0, 0.1) is 0 Å². The lowest BCUT2D eigenvalue weighted by molar-refractivity contribution is 0.116. The molecule has 108 valence electrons. The van der Waals surface area contributed by atoms with Gasteiger partial charge in [-0.3, -0.25) is 4.98 Å². The molecule has 0 radical (unpaired) electrons. The van der Waals surface area contributed by atoms with Crippen LogP contribution in [0.25, 0.3) is 0 Å². The van der Waals surface area contributed by atoms with E-state index in [4.69, 9.17) is 10.2 Å². The first-order chi connectivity index (χ1) is 8.69. The van der Waals surface area contributed by atoms with Crippen molar-refractivity contribution in [3.05, 3.63) is 30.1 Å². The van der Waals surface area contributed by atoms with Gasteiger partial charge in [0.25, 0.3) is 0 Å². The van der Waals surface area contributed by atoms with Crippen molar-refractivity contribution in [3.8, 4) is 0 Å². The third kappa shape index (κ3) is 4.11. The molecule has 0 amide bonds. The maximum Gasteiger partial charge on any atom is 0.192 e. The molecule has 3 N–H and O–H groups in total. The van der Waals surface area contributed by atoms with Crippen molar-refractivity contribution in [2.75, 3.05) is 6.61 Å². The molecule has 1 aromatic rings. The van der Waals surface area contributed by atoms with Crippen LogP contribution in [-0.2, 0) is 4.43 Å². The Kier molecular flexibility index (Phi) is 5.26. The molecular weight excluding hydrogens is 256 g/mol. The zero-order valence-corrected chi connectivity index (χ0v) is 13.6. The normalized spacial score (nSPS) is 16.2. The van der Waals surface area contributed by atoms with Gasteiger partial charge in [0.15, 0.2) is 8.32 Å². The summed E-state index contributed by atoms with van der Waals surface area (Å²) in [6, 6.07) is 3.37. The SMILES string of the molecule is CC(C)(C)[Si](C)(C)OC(c1ccncc1)C(N)CO. The Morgan fingerprint density at radius 3 is 2.26 bits per heavy atom. The Bertz CT molecular complexity index is 390. The minimum atomic E-state index is -1.94. The van der Waals surface area contributed by atoms with Gasteiger partial charge in [0, 0.05) is 12.4 Å². The average molecular weight is 282 g/mol. The highest BCUT2D eigenvalue weighted by Gasteiger charge is 2.40. The summed E-state index contributed by atoms with van der Waals surface area (Å²) >= 11 is 0. The number of aliphatic hydroxyl groups is 1. The third-order valence-electron chi connectivity index (χ3n) is 3.86. The Balaban J connectivity index is 3.01. The number of aliphatic hydroxyl groups excluding tert-OH is 1.